The minimum Gasteiger partial charge on any atom is -0.383 e. The van der Waals surface area contributed by atoms with Gasteiger partial charge in [-0.25, -0.2) is 0 Å². The standard InChI is InChI=1S/C10H11Br2NO/c1-6(2)3-9(14)10-8(12)4-7(11)5-13-10/h3-5,9,14H,1-2H3. The van der Waals surface area contributed by atoms with Crippen molar-refractivity contribution < 1.29 is 5.11 Å². The summed E-state index contributed by atoms with van der Waals surface area (Å²) in [7, 11) is 0. The molecule has 1 heterocycles. The molecule has 0 aliphatic carbocycles. The highest BCUT2D eigenvalue weighted by molar-refractivity contribution is 9.11. The molecule has 0 fully saturated rings. The molecule has 14 heavy (non-hydrogen) atoms. The van der Waals surface area contributed by atoms with Crippen LogP contribution in [0.5, 0.6) is 0 Å². The van der Waals surface area contributed by atoms with Gasteiger partial charge >= 0.3 is 0 Å². The van der Waals surface area contributed by atoms with Crippen LogP contribution in [0, 0.1) is 0 Å². The van der Waals surface area contributed by atoms with Crippen LogP contribution in [0.2, 0.25) is 0 Å². The number of rotatable bonds is 2. The van der Waals surface area contributed by atoms with Gasteiger partial charge in [-0.05, 0) is 51.8 Å². The van der Waals surface area contributed by atoms with Crippen molar-refractivity contribution in [3.05, 3.63) is 38.6 Å². The molecule has 4 heteroatoms. The van der Waals surface area contributed by atoms with Crippen molar-refractivity contribution >= 4 is 31.9 Å². The van der Waals surface area contributed by atoms with Gasteiger partial charge in [-0.1, -0.05) is 11.6 Å². The van der Waals surface area contributed by atoms with Gasteiger partial charge in [0.05, 0.1) is 5.69 Å². The number of halogens is 2. The van der Waals surface area contributed by atoms with Crippen molar-refractivity contribution in [2.24, 2.45) is 0 Å². The predicted octanol–water partition coefficient (Wildman–Crippen LogP) is 3.61. The quantitative estimate of drug-likeness (QED) is 0.844. The summed E-state index contributed by atoms with van der Waals surface area (Å²) < 4.78 is 1.69. The van der Waals surface area contributed by atoms with Gasteiger partial charge in [0.15, 0.2) is 0 Å². The SMILES string of the molecule is CC(C)=CC(O)c1ncc(Br)cc1Br. The third-order valence-corrected chi connectivity index (χ3v) is 2.68. The van der Waals surface area contributed by atoms with Crippen LogP contribution in [0.4, 0.5) is 0 Å². The molecule has 1 N–H and O–H groups in total. The molecule has 0 amide bonds. The first-order valence-corrected chi connectivity index (χ1v) is 5.73. The maximum absolute atomic E-state index is 9.78. The number of pyridine rings is 1. The van der Waals surface area contributed by atoms with E-state index in [1.165, 1.54) is 0 Å². The third-order valence-electron chi connectivity index (χ3n) is 1.61. The molecule has 1 aromatic heterocycles. The van der Waals surface area contributed by atoms with Crippen LogP contribution in [0.15, 0.2) is 32.9 Å². The Morgan fingerprint density at radius 3 is 2.64 bits per heavy atom. The van der Waals surface area contributed by atoms with Crippen molar-refractivity contribution in [3.63, 3.8) is 0 Å². The molecule has 1 atom stereocenters. The van der Waals surface area contributed by atoms with Crippen molar-refractivity contribution in [1.82, 2.24) is 4.98 Å². The van der Waals surface area contributed by atoms with Gasteiger partial charge in [-0.3, -0.25) is 4.98 Å². The fourth-order valence-corrected chi connectivity index (χ4v) is 2.26. The molecule has 2 nitrogen and oxygen atoms in total. The maximum atomic E-state index is 9.78. The average molecular weight is 321 g/mol. The van der Waals surface area contributed by atoms with Crippen LogP contribution in [0.1, 0.15) is 25.6 Å². The van der Waals surface area contributed by atoms with Gasteiger partial charge in [0, 0.05) is 15.1 Å². The molecule has 0 saturated carbocycles. The van der Waals surface area contributed by atoms with E-state index in [-0.39, 0.29) is 0 Å². The summed E-state index contributed by atoms with van der Waals surface area (Å²) >= 11 is 6.66. The van der Waals surface area contributed by atoms with Crippen molar-refractivity contribution in [2.75, 3.05) is 0 Å². The first kappa shape index (κ1) is 11.9. The monoisotopic (exact) mass is 319 g/mol. The maximum Gasteiger partial charge on any atom is 0.115 e. The Balaban J connectivity index is 3.02. The van der Waals surface area contributed by atoms with E-state index in [0.717, 1.165) is 14.5 Å². The normalized spacial score (nSPS) is 12.4. The lowest BCUT2D eigenvalue weighted by Crippen LogP contribution is -1.98. The van der Waals surface area contributed by atoms with Crippen molar-refractivity contribution in [2.45, 2.75) is 20.0 Å². The number of aliphatic hydroxyl groups excluding tert-OH is 1. The molecule has 1 rings (SSSR count). The predicted molar refractivity (Wildman–Crippen MR) is 64.0 cm³/mol. The zero-order valence-corrected chi connectivity index (χ0v) is 11.1. The van der Waals surface area contributed by atoms with Gasteiger partial charge in [-0.15, -0.1) is 0 Å². The summed E-state index contributed by atoms with van der Waals surface area (Å²) in [6.45, 7) is 3.88. The zero-order valence-electron chi connectivity index (χ0n) is 7.96. The number of aromatic nitrogens is 1. The minimum absolute atomic E-state index is 0.634. The third kappa shape index (κ3) is 3.19. The molecule has 0 spiro atoms. The largest absolute Gasteiger partial charge is 0.383 e. The number of allylic oxidation sites excluding steroid dienone is 1. The first-order chi connectivity index (χ1) is 6.50. The summed E-state index contributed by atoms with van der Waals surface area (Å²) in [5, 5.41) is 9.78. The number of aliphatic hydroxyl groups is 1. The highest BCUT2D eigenvalue weighted by Gasteiger charge is 2.10. The number of hydrogen-bond donors (Lipinski definition) is 1. The second kappa shape index (κ2) is 5.05. The molecule has 0 bridgehead atoms. The number of nitrogens with zero attached hydrogens (tertiary/aromatic N) is 1. The Bertz CT molecular complexity index is 359. The van der Waals surface area contributed by atoms with E-state index in [0.29, 0.717) is 5.69 Å². The second-order valence-electron chi connectivity index (χ2n) is 3.21. The van der Waals surface area contributed by atoms with Crippen LogP contribution in [-0.4, -0.2) is 10.1 Å². The molecule has 0 aliphatic heterocycles. The van der Waals surface area contributed by atoms with Crippen LogP contribution in [0.3, 0.4) is 0 Å². The van der Waals surface area contributed by atoms with E-state index in [4.69, 9.17) is 0 Å². The molecule has 0 radical (unpaired) electrons. The summed E-state index contributed by atoms with van der Waals surface area (Å²) in [5.74, 6) is 0. The van der Waals surface area contributed by atoms with Gasteiger partial charge in [0.2, 0.25) is 0 Å². The molecule has 1 aromatic rings. The summed E-state index contributed by atoms with van der Waals surface area (Å²) in [5.41, 5.74) is 1.70. The van der Waals surface area contributed by atoms with Crippen molar-refractivity contribution in [1.29, 1.82) is 0 Å². The minimum atomic E-state index is -0.650. The molecule has 0 aliphatic rings. The Morgan fingerprint density at radius 2 is 2.14 bits per heavy atom. The summed E-state index contributed by atoms with van der Waals surface area (Å²) in [6, 6.07) is 1.87. The Kier molecular flexibility index (Phi) is 4.29. The molecular formula is C10H11Br2NO. The van der Waals surface area contributed by atoms with Gasteiger partial charge in [-0.2, -0.15) is 0 Å². The Labute approximate surface area is 100 Å². The van der Waals surface area contributed by atoms with Crippen LogP contribution in [0.25, 0.3) is 0 Å². The van der Waals surface area contributed by atoms with Crippen LogP contribution in [-0.2, 0) is 0 Å². The molecule has 0 saturated heterocycles. The molecule has 76 valence electrons. The smallest absolute Gasteiger partial charge is 0.115 e. The van der Waals surface area contributed by atoms with E-state index >= 15 is 0 Å². The van der Waals surface area contributed by atoms with E-state index in [2.05, 4.69) is 36.8 Å². The average Bonchev–Trinajstić information content (AvgIpc) is 2.01. The lowest BCUT2D eigenvalue weighted by Gasteiger charge is -2.08. The van der Waals surface area contributed by atoms with Crippen molar-refractivity contribution in [3.8, 4) is 0 Å². The van der Waals surface area contributed by atoms with Gasteiger partial charge in [0.1, 0.15) is 6.10 Å². The fraction of sp³-hybridized carbons (Fsp3) is 0.300. The van der Waals surface area contributed by atoms with Gasteiger partial charge in [0.25, 0.3) is 0 Å². The lowest BCUT2D eigenvalue weighted by molar-refractivity contribution is 0.222. The lowest BCUT2D eigenvalue weighted by atomic mass is 10.2. The Hall–Kier alpha value is -0.190. The topological polar surface area (TPSA) is 33.1 Å². The molecule has 1 unspecified atom stereocenters. The Morgan fingerprint density at radius 1 is 1.50 bits per heavy atom. The first-order valence-electron chi connectivity index (χ1n) is 4.14. The fourth-order valence-electron chi connectivity index (χ4n) is 1.04. The van der Waals surface area contributed by atoms with E-state index in [1.54, 1.807) is 12.3 Å². The highest BCUT2D eigenvalue weighted by Crippen LogP contribution is 2.25. The molecular weight excluding hydrogens is 310 g/mol. The van der Waals surface area contributed by atoms with Gasteiger partial charge < -0.3 is 5.11 Å². The zero-order chi connectivity index (χ0) is 10.7. The number of hydrogen-bond acceptors (Lipinski definition) is 2. The molecule has 0 aromatic carbocycles. The van der Waals surface area contributed by atoms with E-state index in [9.17, 15) is 5.11 Å². The summed E-state index contributed by atoms with van der Waals surface area (Å²) in [4.78, 5) is 4.14. The van der Waals surface area contributed by atoms with E-state index in [1.807, 2.05) is 19.9 Å². The van der Waals surface area contributed by atoms with Crippen LogP contribution < -0.4 is 0 Å². The highest BCUT2D eigenvalue weighted by atomic mass is 79.9. The van der Waals surface area contributed by atoms with Crippen LogP contribution >= 0.6 is 31.9 Å². The second-order valence-corrected chi connectivity index (χ2v) is 4.98. The summed E-state index contributed by atoms with van der Waals surface area (Å²) in [6.07, 6.45) is 2.78. The van der Waals surface area contributed by atoms with E-state index < -0.39 is 6.10 Å².